The highest BCUT2D eigenvalue weighted by Crippen LogP contribution is 2.35. The molecular formula is C19H30N2O4. The molecule has 6 heteroatoms. The summed E-state index contributed by atoms with van der Waals surface area (Å²) in [5.74, 6) is 1.96. The summed E-state index contributed by atoms with van der Waals surface area (Å²) in [6, 6.07) is 5.81. The molecule has 25 heavy (non-hydrogen) atoms. The molecule has 0 spiro atoms. The lowest BCUT2D eigenvalue weighted by atomic mass is 10.1. The zero-order chi connectivity index (χ0) is 18.4. The summed E-state index contributed by atoms with van der Waals surface area (Å²) in [6.07, 6.45) is 2.44. The molecule has 2 unspecified atom stereocenters. The number of carbonyl (C=O) groups excluding carboxylic acids is 1. The Morgan fingerprint density at radius 3 is 2.56 bits per heavy atom. The van der Waals surface area contributed by atoms with Crippen LogP contribution in [0.5, 0.6) is 11.5 Å². The van der Waals surface area contributed by atoms with Gasteiger partial charge in [-0.2, -0.15) is 0 Å². The summed E-state index contributed by atoms with van der Waals surface area (Å²) in [4.78, 5) is 14.2. The Kier molecular flexibility index (Phi) is 6.93. The van der Waals surface area contributed by atoms with E-state index in [4.69, 9.17) is 14.2 Å². The minimum Gasteiger partial charge on any atom is -0.493 e. The van der Waals surface area contributed by atoms with Gasteiger partial charge in [0, 0.05) is 20.2 Å². The molecule has 1 aromatic carbocycles. The summed E-state index contributed by atoms with van der Waals surface area (Å²) in [5.41, 5.74) is 0.969. The number of hydrogen-bond donors (Lipinski definition) is 1. The van der Waals surface area contributed by atoms with Gasteiger partial charge in [-0.05, 0) is 50.3 Å². The zero-order valence-electron chi connectivity index (χ0n) is 15.9. The minimum atomic E-state index is -0.122. The number of carbonyl (C=O) groups is 1. The van der Waals surface area contributed by atoms with Gasteiger partial charge < -0.3 is 24.4 Å². The zero-order valence-corrected chi connectivity index (χ0v) is 15.9. The van der Waals surface area contributed by atoms with Crippen molar-refractivity contribution in [1.29, 1.82) is 0 Å². The fourth-order valence-electron chi connectivity index (χ4n) is 2.76. The summed E-state index contributed by atoms with van der Waals surface area (Å²) < 4.78 is 16.0. The van der Waals surface area contributed by atoms with E-state index in [2.05, 4.69) is 12.2 Å². The molecule has 2 amide bonds. The molecule has 0 heterocycles. The number of methoxy groups -OCH3 is 2. The topological polar surface area (TPSA) is 60.0 Å². The lowest BCUT2D eigenvalue weighted by Crippen LogP contribution is -2.44. The highest BCUT2D eigenvalue weighted by Gasteiger charge is 2.32. The second-order valence-corrected chi connectivity index (χ2v) is 6.61. The molecule has 1 aromatic rings. The van der Waals surface area contributed by atoms with Gasteiger partial charge >= 0.3 is 6.03 Å². The Bertz CT molecular complexity index is 575. The number of ether oxygens (including phenoxy) is 3. The second-order valence-electron chi connectivity index (χ2n) is 6.61. The minimum absolute atomic E-state index is 0.0497. The smallest absolute Gasteiger partial charge is 0.317 e. The van der Waals surface area contributed by atoms with Crippen LogP contribution < -0.4 is 14.8 Å². The fourth-order valence-corrected chi connectivity index (χ4v) is 2.76. The van der Waals surface area contributed by atoms with E-state index in [1.807, 2.05) is 32.2 Å². The first-order valence-corrected chi connectivity index (χ1v) is 8.81. The van der Waals surface area contributed by atoms with Crippen molar-refractivity contribution in [1.82, 2.24) is 10.2 Å². The maximum atomic E-state index is 12.4. The molecule has 1 saturated carbocycles. The van der Waals surface area contributed by atoms with Gasteiger partial charge in [0.05, 0.1) is 19.8 Å². The average Bonchev–Trinajstić information content (AvgIpc) is 3.45. The number of rotatable bonds is 9. The molecule has 140 valence electrons. The standard InChI is InChI=1S/C19H30N2O4/c1-13(20-19(22)21(3)14(2)15-6-7-15)16-8-9-17(18(12-16)24-5)25-11-10-23-4/h8-9,12-15H,6-7,10-11H2,1-5H3,(H,20,22). The molecule has 1 aliphatic carbocycles. The highest BCUT2D eigenvalue weighted by atomic mass is 16.5. The molecule has 2 rings (SSSR count). The Balaban J connectivity index is 1.98. The van der Waals surface area contributed by atoms with Crippen molar-refractivity contribution in [2.24, 2.45) is 5.92 Å². The maximum Gasteiger partial charge on any atom is 0.317 e. The number of nitrogens with zero attached hydrogens (tertiary/aromatic N) is 1. The molecule has 1 N–H and O–H groups in total. The SMILES string of the molecule is COCCOc1ccc(C(C)NC(=O)N(C)C(C)C2CC2)cc1OC. The molecule has 0 aliphatic heterocycles. The number of urea groups is 1. The summed E-state index contributed by atoms with van der Waals surface area (Å²) in [6.45, 7) is 5.05. The fraction of sp³-hybridized carbons (Fsp3) is 0.632. The quantitative estimate of drug-likeness (QED) is 0.695. The largest absolute Gasteiger partial charge is 0.493 e. The van der Waals surface area contributed by atoms with Crippen LogP contribution in [-0.2, 0) is 4.74 Å². The van der Waals surface area contributed by atoms with Gasteiger partial charge in [-0.3, -0.25) is 0 Å². The average molecular weight is 350 g/mol. The van der Waals surface area contributed by atoms with Crippen molar-refractivity contribution in [3.63, 3.8) is 0 Å². The Hall–Kier alpha value is -1.95. The van der Waals surface area contributed by atoms with Gasteiger partial charge in [0.25, 0.3) is 0 Å². The Morgan fingerprint density at radius 2 is 1.96 bits per heavy atom. The van der Waals surface area contributed by atoms with Gasteiger partial charge in [-0.15, -0.1) is 0 Å². The van der Waals surface area contributed by atoms with E-state index in [1.54, 1.807) is 19.1 Å². The van der Waals surface area contributed by atoms with Crippen molar-refractivity contribution < 1.29 is 19.0 Å². The van der Waals surface area contributed by atoms with Crippen LogP contribution in [0.15, 0.2) is 18.2 Å². The van der Waals surface area contributed by atoms with Crippen LogP contribution in [0.3, 0.4) is 0 Å². The molecule has 6 nitrogen and oxygen atoms in total. The highest BCUT2D eigenvalue weighted by molar-refractivity contribution is 5.74. The van der Waals surface area contributed by atoms with E-state index < -0.39 is 0 Å². The first-order chi connectivity index (χ1) is 12.0. The van der Waals surface area contributed by atoms with Gasteiger partial charge in [-0.1, -0.05) is 6.07 Å². The number of amides is 2. The predicted molar refractivity (Wildman–Crippen MR) is 97.3 cm³/mol. The normalized spacial score (nSPS) is 16.0. The molecule has 0 aromatic heterocycles. The molecule has 1 fully saturated rings. The first kappa shape index (κ1) is 19.4. The Labute approximate surface area is 150 Å². The second kappa shape index (κ2) is 8.94. The van der Waals surface area contributed by atoms with E-state index in [1.165, 1.54) is 12.8 Å². The lowest BCUT2D eigenvalue weighted by molar-refractivity contribution is 0.144. The number of benzene rings is 1. The molecule has 1 aliphatic rings. The predicted octanol–water partition coefficient (Wildman–Crippen LogP) is 3.22. The van der Waals surface area contributed by atoms with Crippen molar-refractivity contribution in [2.75, 3.05) is 34.5 Å². The van der Waals surface area contributed by atoms with Crippen LogP contribution in [0, 0.1) is 5.92 Å². The van der Waals surface area contributed by atoms with E-state index in [0.717, 1.165) is 5.56 Å². The molecule has 0 radical (unpaired) electrons. The van der Waals surface area contributed by atoms with Crippen molar-refractivity contribution in [3.8, 4) is 11.5 Å². The van der Waals surface area contributed by atoms with Crippen LogP contribution in [0.2, 0.25) is 0 Å². The number of nitrogens with one attached hydrogen (secondary N) is 1. The summed E-state index contributed by atoms with van der Waals surface area (Å²) in [5, 5.41) is 3.05. The van der Waals surface area contributed by atoms with Crippen molar-refractivity contribution in [2.45, 2.75) is 38.8 Å². The van der Waals surface area contributed by atoms with Gasteiger partial charge in [0.2, 0.25) is 0 Å². The summed E-state index contributed by atoms with van der Waals surface area (Å²) >= 11 is 0. The van der Waals surface area contributed by atoms with Gasteiger partial charge in [0.1, 0.15) is 6.61 Å². The third-order valence-electron chi connectivity index (χ3n) is 4.81. The van der Waals surface area contributed by atoms with E-state index >= 15 is 0 Å². The maximum absolute atomic E-state index is 12.4. The van der Waals surface area contributed by atoms with Gasteiger partial charge in [-0.25, -0.2) is 4.79 Å². The van der Waals surface area contributed by atoms with Crippen LogP contribution >= 0.6 is 0 Å². The van der Waals surface area contributed by atoms with E-state index in [-0.39, 0.29) is 18.1 Å². The van der Waals surface area contributed by atoms with Crippen LogP contribution in [0.25, 0.3) is 0 Å². The summed E-state index contributed by atoms with van der Waals surface area (Å²) in [7, 11) is 5.10. The number of hydrogen-bond acceptors (Lipinski definition) is 4. The molecular weight excluding hydrogens is 320 g/mol. The molecule has 2 atom stereocenters. The van der Waals surface area contributed by atoms with Crippen LogP contribution in [-0.4, -0.2) is 51.5 Å². The third-order valence-corrected chi connectivity index (χ3v) is 4.81. The Morgan fingerprint density at radius 1 is 1.24 bits per heavy atom. The van der Waals surface area contributed by atoms with Crippen LogP contribution in [0.1, 0.15) is 38.3 Å². The first-order valence-electron chi connectivity index (χ1n) is 8.81. The van der Waals surface area contributed by atoms with Crippen molar-refractivity contribution in [3.05, 3.63) is 23.8 Å². The molecule has 0 bridgehead atoms. The molecule has 0 saturated heterocycles. The van der Waals surface area contributed by atoms with E-state index in [0.29, 0.717) is 30.6 Å². The van der Waals surface area contributed by atoms with Crippen LogP contribution in [0.4, 0.5) is 4.79 Å². The van der Waals surface area contributed by atoms with Crippen molar-refractivity contribution >= 4 is 6.03 Å². The van der Waals surface area contributed by atoms with Gasteiger partial charge in [0.15, 0.2) is 11.5 Å². The van der Waals surface area contributed by atoms with E-state index in [9.17, 15) is 4.79 Å². The third kappa shape index (κ3) is 5.26. The monoisotopic (exact) mass is 350 g/mol. The lowest BCUT2D eigenvalue weighted by Gasteiger charge is -2.27.